The topological polar surface area (TPSA) is 55.4 Å². The van der Waals surface area contributed by atoms with E-state index in [-0.39, 0.29) is 17.1 Å². The zero-order chi connectivity index (χ0) is 18.4. The zero-order valence-electron chi connectivity index (χ0n) is 14.3. The van der Waals surface area contributed by atoms with Crippen molar-refractivity contribution in [3.8, 4) is 0 Å². The molecule has 0 heterocycles. The molecule has 1 N–H and O–H groups in total. The molecule has 1 amide bonds. The maximum Gasteiger partial charge on any atom is 0.338 e. The van der Waals surface area contributed by atoms with E-state index in [1.54, 1.807) is 37.3 Å². The molecule has 0 saturated heterocycles. The fourth-order valence-electron chi connectivity index (χ4n) is 2.15. The second-order valence-corrected chi connectivity index (χ2v) is 7.30. The van der Waals surface area contributed by atoms with Crippen LogP contribution in [0.1, 0.15) is 29.8 Å². The number of halogens is 1. The third-order valence-electron chi connectivity index (χ3n) is 3.49. The van der Waals surface area contributed by atoms with Crippen LogP contribution in [-0.4, -0.2) is 23.7 Å². The van der Waals surface area contributed by atoms with Crippen molar-refractivity contribution in [3.05, 3.63) is 58.6 Å². The minimum Gasteiger partial charge on any atom is -0.462 e. The molecule has 0 bridgehead atoms. The number of benzene rings is 2. The normalized spacial score (nSPS) is 11.7. The number of anilines is 1. The summed E-state index contributed by atoms with van der Waals surface area (Å²) in [5.41, 5.74) is 1.96. The van der Waals surface area contributed by atoms with E-state index in [2.05, 4.69) is 5.32 Å². The van der Waals surface area contributed by atoms with E-state index >= 15 is 0 Å². The molecule has 1 atom stereocenters. The first-order chi connectivity index (χ1) is 11.9. The third-order valence-corrected chi connectivity index (χ3v) is 4.86. The summed E-state index contributed by atoms with van der Waals surface area (Å²) >= 11 is 7.32. The second kappa shape index (κ2) is 8.92. The van der Waals surface area contributed by atoms with Gasteiger partial charge in [-0.15, -0.1) is 11.8 Å². The van der Waals surface area contributed by atoms with Gasteiger partial charge in [-0.25, -0.2) is 4.79 Å². The Labute approximate surface area is 156 Å². The average molecular weight is 378 g/mol. The Morgan fingerprint density at radius 2 is 1.88 bits per heavy atom. The molecule has 0 fully saturated rings. The van der Waals surface area contributed by atoms with Crippen molar-refractivity contribution < 1.29 is 14.3 Å². The Morgan fingerprint density at radius 3 is 2.48 bits per heavy atom. The number of hydrogen-bond donors (Lipinski definition) is 1. The molecule has 0 aliphatic carbocycles. The summed E-state index contributed by atoms with van der Waals surface area (Å²) < 4.78 is 4.98. The minimum absolute atomic E-state index is 0.105. The SMILES string of the molecule is CCOC(=O)c1ccc(NC(=O)[C@@H](C)Sc2ccc(Cl)cc2)c(C)c1. The number of thioether (sulfide) groups is 1. The van der Waals surface area contributed by atoms with Gasteiger partial charge in [0.25, 0.3) is 0 Å². The number of rotatable bonds is 6. The molecular formula is C19H20ClNO3S. The molecule has 132 valence electrons. The standard InChI is InChI=1S/C19H20ClNO3S/c1-4-24-19(23)14-5-10-17(12(2)11-14)21-18(22)13(3)25-16-8-6-15(20)7-9-16/h5-11,13H,4H2,1-3H3,(H,21,22)/t13-/m1/s1. The highest BCUT2D eigenvalue weighted by Gasteiger charge is 2.16. The highest BCUT2D eigenvalue weighted by Crippen LogP contribution is 2.26. The van der Waals surface area contributed by atoms with Gasteiger partial charge >= 0.3 is 5.97 Å². The first kappa shape index (κ1) is 19.3. The molecule has 0 radical (unpaired) electrons. The van der Waals surface area contributed by atoms with E-state index in [4.69, 9.17) is 16.3 Å². The number of ether oxygens (including phenoxy) is 1. The lowest BCUT2D eigenvalue weighted by Gasteiger charge is -2.14. The monoisotopic (exact) mass is 377 g/mol. The molecule has 2 rings (SSSR count). The zero-order valence-corrected chi connectivity index (χ0v) is 15.9. The molecule has 6 heteroatoms. The van der Waals surface area contributed by atoms with Gasteiger partial charge in [0, 0.05) is 15.6 Å². The van der Waals surface area contributed by atoms with Gasteiger partial charge in [-0.3, -0.25) is 4.79 Å². The van der Waals surface area contributed by atoms with Crippen LogP contribution in [0.25, 0.3) is 0 Å². The number of carbonyl (C=O) groups excluding carboxylic acids is 2. The predicted molar refractivity (Wildman–Crippen MR) is 103 cm³/mol. The van der Waals surface area contributed by atoms with Crippen LogP contribution < -0.4 is 5.32 Å². The lowest BCUT2D eigenvalue weighted by molar-refractivity contribution is -0.115. The summed E-state index contributed by atoms with van der Waals surface area (Å²) in [5.74, 6) is -0.470. The Hall–Kier alpha value is -1.98. The molecule has 0 aromatic heterocycles. The van der Waals surface area contributed by atoms with Gasteiger partial charge in [-0.2, -0.15) is 0 Å². The van der Waals surface area contributed by atoms with Crippen LogP contribution in [-0.2, 0) is 9.53 Å². The van der Waals surface area contributed by atoms with Crippen molar-refractivity contribution in [1.29, 1.82) is 0 Å². The van der Waals surface area contributed by atoms with Crippen LogP contribution >= 0.6 is 23.4 Å². The first-order valence-corrected chi connectivity index (χ1v) is 9.17. The summed E-state index contributed by atoms with van der Waals surface area (Å²) in [6.45, 7) is 5.78. The summed E-state index contributed by atoms with van der Waals surface area (Å²) in [6, 6.07) is 12.5. The Bertz CT molecular complexity index is 762. The summed E-state index contributed by atoms with van der Waals surface area (Å²) in [6.07, 6.45) is 0. The first-order valence-electron chi connectivity index (χ1n) is 7.91. The van der Waals surface area contributed by atoms with Crippen LogP contribution in [0.15, 0.2) is 47.4 Å². The molecule has 0 saturated carbocycles. The van der Waals surface area contributed by atoms with Crippen LogP contribution in [0, 0.1) is 6.92 Å². The van der Waals surface area contributed by atoms with Crippen LogP contribution in [0.5, 0.6) is 0 Å². The van der Waals surface area contributed by atoms with E-state index < -0.39 is 0 Å². The van der Waals surface area contributed by atoms with Gasteiger partial charge in [0.1, 0.15) is 0 Å². The molecule has 2 aromatic carbocycles. The van der Waals surface area contributed by atoms with E-state index in [0.29, 0.717) is 22.9 Å². The van der Waals surface area contributed by atoms with E-state index in [1.165, 1.54) is 11.8 Å². The highest BCUT2D eigenvalue weighted by atomic mass is 35.5. The molecule has 4 nitrogen and oxygen atoms in total. The van der Waals surface area contributed by atoms with Gasteiger partial charge in [0.15, 0.2) is 0 Å². The second-order valence-electron chi connectivity index (χ2n) is 5.45. The molecule has 0 aliphatic heterocycles. The van der Waals surface area contributed by atoms with Gasteiger partial charge in [-0.1, -0.05) is 11.6 Å². The highest BCUT2D eigenvalue weighted by molar-refractivity contribution is 8.00. The minimum atomic E-state index is -0.366. The third kappa shape index (κ3) is 5.51. The van der Waals surface area contributed by atoms with Gasteiger partial charge in [0.2, 0.25) is 5.91 Å². The number of esters is 1. The largest absolute Gasteiger partial charge is 0.462 e. The molecular weight excluding hydrogens is 358 g/mol. The number of hydrogen-bond acceptors (Lipinski definition) is 4. The molecule has 0 aliphatic rings. The number of nitrogens with one attached hydrogen (secondary N) is 1. The van der Waals surface area contributed by atoms with Crippen molar-refractivity contribution in [2.45, 2.75) is 30.9 Å². The summed E-state index contributed by atoms with van der Waals surface area (Å²) in [7, 11) is 0. The van der Waals surface area contributed by atoms with E-state index in [0.717, 1.165) is 10.5 Å². The van der Waals surface area contributed by atoms with Crippen LogP contribution in [0.4, 0.5) is 5.69 Å². The van der Waals surface area contributed by atoms with Crippen molar-refractivity contribution >= 4 is 40.9 Å². The Morgan fingerprint density at radius 1 is 1.20 bits per heavy atom. The maximum atomic E-state index is 12.4. The lowest BCUT2D eigenvalue weighted by Crippen LogP contribution is -2.23. The maximum absolute atomic E-state index is 12.4. The quantitative estimate of drug-likeness (QED) is 0.572. The van der Waals surface area contributed by atoms with Crippen molar-refractivity contribution in [2.75, 3.05) is 11.9 Å². The Balaban J connectivity index is 2.01. The van der Waals surface area contributed by atoms with E-state index in [9.17, 15) is 9.59 Å². The summed E-state index contributed by atoms with van der Waals surface area (Å²) in [4.78, 5) is 25.1. The van der Waals surface area contributed by atoms with Gasteiger partial charge in [0.05, 0.1) is 17.4 Å². The van der Waals surface area contributed by atoms with Crippen molar-refractivity contribution in [2.24, 2.45) is 0 Å². The van der Waals surface area contributed by atoms with Gasteiger partial charge in [-0.05, 0) is 68.8 Å². The lowest BCUT2D eigenvalue weighted by atomic mass is 10.1. The molecule has 0 spiro atoms. The average Bonchev–Trinajstić information content (AvgIpc) is 2.58. The van der Waals surface area contributed by atoms with Crippen molar-refractivity contribution in [3.63, 3.8) is 0 Å². The molecule has 0 unspecified atom stereocenters. The van der Waals surface area contributed by atoms with E-state index in [1.807, 2.05) is 26.0 Å². The molecule has 25 heavy (non-hydrogen) atoms. The fourth-order valence-corrected chi connectivity index (χ4v) is 3.14. The smallest absolute Gasteiger partial charge is 0.338 e. The predicted octanol–water partition coefficient (Wildman–Crippen LogP) is 4.94. The number of amides is 1. The number of aryl methyl sites for hydroxylation is 1. The van der Waals surface area contributed by atoms with Crippen LogP contribution in [0.2, 0.25) is 5.02 Å². The Kier molecular flexibility index (Phi) is 6.91. The molecule has 2 aromatic rings. The van der Waals surface area contributed by atoms with Gasteiger partial charge < -0.3 is 10.1 Å². The number of carbonyl (C=O) groups is 2. The summed E-state index contributed by atoms with van der Waals surface area (Å²) in [5, 5.41) is 3.29. The fraction of sp³-hybridized carbons (Fsp3) is 0.263. The van der Waals surface area contributed by atoms with Crippen LogP contribution in [0.3, 0.4) is 0 Å². The van der Waals surface area contributed by atoms with Crippen molar-refractivity contribution in [1.82, 2.24) is 0 Å².